The number of amides is 1. The molecule has 6 nitrogen and oxygen atoms in total. The van der Waals surface area contributed by atoms with Crippen LogP contribution >= 0.6 is 0 Å². The summed E-state index contributed by atoms with van der Waals surface area (Å²) in [7, 11) is 1.82. The lowest BCUT2D eigenvalue weighted by atomic mass is 9.91. The molecule has 0 bridgehead atoms. The Balaban J connectivity index is 1.78. The second-order valence-electron chi connectivity index (χ2n) is 9.51. The molecule has 34 heavy (non-hydrogen) atoms. The van der Waals surface area contributed by atoms with E-state index in [-0.39, 0.29) is 17.5 Å². The number of hydrogen-bond donors (Lipinski definition) is 2. The predicted molar refractivity (Wildman–Crippen MR) is 140 cm³/mol. The molecule has 2 aromatic carbocycles. The number of nitrogens with one attached hydrogen (secondary N) is 2. The van der Waals surface area contributed by atoms with Crippen molar-refractivity contribution < 1.29 is 4.79 Å². The van der Waals surface area contributed by atoms with E-state index in [0.717, 1.165) is 17.7 Å². The number of para-hydroxylation sites is 1. The summed E-state index contributed by atoms with van der Waals surface area (Å²) in [6.45, 7) is 12.4. The summed E-state index contributed by atoms with van der Waals surface area (Å²) in [4.78, 5) is 26.3. The standard InChI is InChI=1S/C28H38N4O2/c1-8-19(4)22-14-16-23(17-15-22)25(18(2)3)29-20(5)27(33)30-26-21(6)31(7)32(28(26)34)24-12-10-9-11-13-24/h9-20,25,29H,8H2,1-7H3,(H,30,33)/t19-,20-,25+/m0/s1. The van der Waals surface area contributed by atoms with Gasteiger partial charge in [-0.25, -0.2) is 4.68 Å². The van der Waals surface area contributed by atoms with Gasteiger partial charge in [-0.05, 0) is 55.4 Å². The number of rotatable bonds is 9. The fourth-order valence-electron chi connectivity index (χ4n) is 4.23. The van der Waals surface area contributed by atoms with Gasteiger partial charge in [0.15, 0.2) is 0 Å². The second-order valence-corrected chi connectivity index (χ2v) is 9.51. The van der Waals surface area contributed by atoms with Crippen molar-refractivity contribution in [3.8, 4) is 5.69 Å². The average molecular weight is 463 g/mol. The van der Waals surface area contributed by atoms with Crippen molar-refractivity contribution in [2.75, 3.05) is 5.32 Å². The van der Waals surface area contributed by atoms with Crippen LogP contribution in [0.5, 0.6) is 0 Å². The molecule has 3 atom stereocenters. The summed E-state index contributed by atoms with van der Waals surface area (Å²) in [6.07, 6.45) is 1.10. The zero-order valence-corrected chi connectivity index (χ0v) is 21.4. The van der Waals surface area contributed by atoms with E-state index in [0.29, 0.717) is 23.2 Å². The molecule has 6 heteroatoms. The number of carbonyl (C=O) groups excluding carboxylic acids is 1. The van der Waals surface area contributed by atoms with Gasteiger partial charge in [0.05, 0.1) is 17.4 Å². The molecule has 0 aliphatic heterocycles. The third kappa shape index (κ3) is 5.33. The first kappa shape index (κ1) is 25.5. The van der Waals surface area contributed by atoms with Gasteiger partial charge < -0.3 is 5.32 Å². The second kappa shape index (κ2) is 10.9. The van der Waals surface area contributed by atoms with Crippen molar-refractivity contribution in [1.29, 1.82) is 0 Å². The lowest BCUT2D eigenvalue weighted by Crippen LogP contribution is -2.42. The Bertz CT molecular complexity index is 1160. The van der Waals surface area contributed by atoms with E-state index in [9.17, 15) is 9.59 Å². The first-order valence-corrected chi connectivity index (χ1v) is 12.2. The molecule has 1 heterocycles. The number of carbonyl (C=O) groups is 1. The van der Waals surface area contributed by atoms with E-state index < -0.39 is 6.04 Å². The Hall–Kier alpha value is -3.12. The van der Waals surface area contributed by atoms with Gasteiger partial charge >= 0.3 is 0 Å². The zero-order chi connectivity index (χ0) is 25.0. The van der Waals surface area contributed by atoms with Crippen molar-refractivity contribution in [3.63, 3.8) is 0 Å². The fourth-order valence-corrected chi connectivity index (χ4v) is 4.23. The molecule has 0 fully saturated rings. The minimum Gasteiger partial charge on any atom is -0.319 e. The molecule has 0 aliphatic rings. The first-order chi connectivity index (χ1) is 16.1. The van der Waals surface area contributed by atoms with E-state index in [2.05, 4.69) is 62.6 Å². The highest BCUT2D eigenvalue weighted by Crippen LogP contribution is 2.26. The maximum absolute atomic E-state index is 13.1. The van der Waals surface area contributed by atoms with Gasteiger partial charge in [0.1, 0.15) is 5.69 Å². The van der Waals surface area contributed by atoms with Crippen LogP contribution in [0.25, 0.3) is 5.69 Å². The van der Waals surface area contributed by atoms with Gasteiger partial charge in [0.25, 0.3) is 5.56 Å². The third-order valence-electron chi connectivity index (χ3n) is 6.77. The summed E-state index contributed by atoms with van der Waals surface area (Å²) in [6, 6.07) is 17.6. The number of benzene rings is 2. The summed E-state index contributed by atoms with van der Waals surface area (Å²) >= 11 is 0. The zero-order valence-electron chi connectivity index (χ0n) is 21.4. The molecule has 182 valence electrons. The van der Waals surface area contributed by atoms with E-state index >= 15 is 0 Å². The molecule has 3 rings (SSSR count). The number of anilines is 1. The fraction of sp³-hybridized carbons (Fsp3) is 0.429. The average Bonchev–Trinajstić information content (AvgIpc) is 3.05. The maximum Gasteiger partial charge on any atom is 0.295 e. The van der Waals surface area contributed by atoms with Gasteiger partial charge in [-0.3, -0.25) is 19.6 Å². The Morgan fingerprint density at radius 3 is 2.09 bits per heavy atom. The minimum absolute atomic E-state index is 0.0181. The number of nitrogens with zero attached hydrogens (tertiary/aromatic N) is 2. The quantitative estimate of drug-likeness (QED) is 0.453. The van der Waals surface area contributed by atoms with Crippen LogP contribution in [0.1, 0.15) is 69.8 Å². The van der Waals surface area contributed by atoms with Crippen LogP contribution in [-0.2, 0) is 11.8 Å². The Labute approximate surface area is 203 Å². The molecule has 3 aromatic rings. The minimum atomic E-state index is -0.481. The lowest BCUT2D eigenvalue weighted by Gasteiger charge is -2.27. The molecule has 0 saturated heterocycles. The summed E-state index contributed by atoms with van der Waals surface area (Å²) < 4.78 is 3.33. The molecular weight excluding hydrogens is 424 g/mol. The Morgan fingerprint density at radius 2 is 1.53 bits per heavy atom. The molecule has 1 amide bonds. The highest BCUT2D eigenvalue weighted by Gasteiger charge is 2.24. The van der Waals surface area contributed by atoms with Gasteiger partial charge in [0.2, 0.25) is 5.91 Å². The van der Waals surface area contributed by atoms with Crippen molar-refractivity contribution in [1.82, 2.24) is 14.7 Å². The molecular formula is C28H38N4O2. The molecule has 0 spiro atoms. The van der Waals surface area contributed by atoms with Crippen molar-refractivity contribution in [3.05, 3.63) is 81.8 Å². The number of hydrogen-bond acceptors (Lipinski definition) is 3. The van der Waals surface area contributed by atoms with Crippen molar-refractivity contribution in [2.45, 2.75) is 66.0 Å². The Morgan fingerprint density at radius 1 is 0.941 bits per heavy atom. The molecule has 0 aliphatic carbocycles. The van der Waals surface area contributed by atoms with Crippen LogP contribution in [0.3, 0.4) is 0 Å². The largest absolute Gasteiger partial charge is 0.319 e. The van der Waals surface area contributed by atoms with Crippen molar-refractivity contribution >= 4 is 11.6 Å². The van der Waals surface area contributed by atoms with E-state index in [1.54, 1.807) is 9.36 Å². The SMILES string of the molecule is CC[C@H](C)c1ccc([C@H](N[C@@H](C)C(=O)Nc2c(C)n(C)n(-c3ccccc3)c2=O)C(C)C)cc1. The highest BCUT2D eigenvalue weighted by molar-refractivity contribution is 5.95. The van der Waals surface area contributed by atoms with Crippen LogP contribution in [0.2, 0.25) is 0 Å². The normalized spacial score (nSPS) is 14.1. The molecule has 0 unspecified atom stereocenters. The highest BCUT2D eigenvalue weighted by atomic mass is 16.2. The van der Waals surface area contributed by atoms with Gasteiger partial charge in [-0.1, -0.05) is 70.2 Å². The van der Waals surface area contributed by atoms with Crippen molar-refractivity contribution in [2.24, 2.45) is 13.0 Å². The predicted octanol–water partition coefficient (Wildman–Crippen LogP) is 5.31. The smallest absolute Gasteiger partial charge is 0.295 e. The molecule has 1 aromatic heterocycles. The third-order valence-corrected chi connectivity index (χ3v) is 6.77. The van der Waals surface area contributed by atoms with Gasteiger partial charge in [-0.15, -0.1) is 0 Å². The van der Waals surface area contributed by atoms with E-state index in [1.807, 2.05) is 51.2 Å². The summed E-state index contributed by atoms with van der Waals surface area (Å²) in [5.41, 5.74) is 4.01. The molecule has 0 radical (unpaired) electrons. The van der Waals surface area contributed by atoms with E-state index in [1.165, 1.54) is 5.56 Å². The molecule has 2 N–H and O–H groups in total. The maximum atomic E-state index is 13.1. The van der Waals surface area contributed by atoms with Crippen LogP contribution < -0.4 is 16.2 Å². The number of aromatic nitrogens is 2. The Kier molecular flexibility index (Phi) is 8.15. The van der Waals surface area contributed by atoms with Crippen LogP contribution in [0.15, 0.2) is 59.4 Å². The van der Waals surface area contributed by atoms with Gasteiger partial charge in [-0.2, -0.15) is 0 Å². The molecule has 0 saturated carbocycles. The topological polar surface area (TPSA) is 68.1 Å². The first-order valence-electron chi connectivity index (χ1n) is 12.2. The van der Waals surface area contributed by atoms with Crippen LogP contribution in [0, 0.1) is 12.8 Å². The summed E-state index contributed by atoms with van der Waals surface area (Å²) in [5.74, 6) is 0.588. The lowest BCUT2D eigenvalue weighted by molar-refractivity contribution is -0.118. The summed E-state index contributed by atoms with van der Waals surface area (Å²) in [5, 5.41) is 6.36. The van der Waals surface area contributed by atoms with Crippen LogP contribution in [-0.4, -0.2) is 21.3 Å². The monoisotopic (exact) mass is 462 g/mol. The van der Waals surface area contributed by atoms with Crippen LogP contribution in [0.4, 0.5) is 5.69 Å². The van der Waals surface area contributed by atoms with Gasteiger partial charge in [0, 0.05) is 13.1 Å². The van der Waals surface area contributed by atoms with E-state index in [4.69, 9.17) is 0 Å².